The van der Waals surface area contributed by atoms with Crippen LogP contribution in [0.1, 0.15) is 22.9 Å². The number of hydrogen-bond donors (Lipinski definition) is 1. The average Bonchev–Trinajstić information content (AvgIpc) is 3.89. The number of aliphatic imine (C=N–C) groups is 2. The molecule has 0 spiro atoms. The highest BCUT2D eigenvalue weighted by atomic mass is 32.1. The molecule has 0 aliphatic carbocycles. The Morgan fingerprint density at radius 1 is 0.510 bits per heavy atom. The zero-order chi connectivity index (χ0) is 33.5. The number of hydrogen-bond acceptors (Lipinski definition) is 6. The number of fused-ring (bicyclic) bond motifs is 9. The third-order valence-corrected chi connectivity index (χ3v) is 11.1. The van der Waals surface area contributed by atoms with Crippen molar-refractivity contribution in [3.05, 3.63) is 168 Å². The molecule has 10 aromatic rings. The molecule has 1 atom stereocenters. The summed E-state index contributed by atoms with van der Waals surface area (Å²) >= 11 is 1.81. The number of furan rings is 2. The smallest absolute Gasteiger partial charge is 0.159 e. The summed E-state index contributed by atoms with van der Waals surface area (Å²) in [5, 5.41) is 10.5. The molecule has 1 N–H and O–H groups in total. The van der Waals surface area contributed by atoms with Gasteiger partial charge in [-0.2, -0.15) is 0 Å². The lowest BCUT2D eigenvalue weighted by molar-refractivity contribution is 0.663. The number of nitrogens with one attached hydrogen (secondary N) is 1. The molecule has 0 amide bonds. The van der Waals surface area contributed by atoms with E-state index in [4.69, 9.17) is 18.8 Å². The summed E-state index contributed by atoms with van der Waals surface area (Å²) in [6.07, 6.45) is -0.425. The van der Waals surface area contributed by atoms with Crippen molar-refractivity contribution in [3.8, 4) is 11.1 Å². The SMILES string of the molecule is c1ccc(C2=NC(c3ccc(-c4ccc5oc6ccccc6c5c4)c4oc5ccccc5c34)NC(c3cccc4sc5ccccc5c34)=N2)cc1. The lowest BCUT2D eigenvalue weighted by Crippen LogP contribution is -2.33. The molecule has 11 rings (SSSR count). The van der Waals surface area contributed by atoms with Crippen LogP contribution in [-0.2, 0) is 0 Å². The second kappa shape index (κ2) is 11.0. The Morgan fingerprint density at radius 2 is 1.24 bits per heavy atom. The van der Waals surface area contributed by atoms with Crippen LogP contribution in [0.2, 0.25) is 0 Å². The molecule has 5 nitrogen and oxygen atoms in total. The van der Waals surface area contributed by atoms with E-state index in [0.717, 1.165) is 77.5 Å². The maximum absolute atomic E-state index is 6.74. The van der Waals surface area contributed by atoms with Crippen molar-refractivity contribution in [2.45, 2.75) is 6.17 Å². The zero-order valence-corrected chi connectivity index (χ0v) is 27.9. The Labute approximate surface area is 295 Å². The largest absolute Gasteiger partial charge is 0.456 e. The predicted molar refractivity (Wildman–Crippen MR) is 211 cm³/mol. The van der Waals surface area contributed by atoms with Crippen molar-refractivity contribution in [1.29, 1.82) is 0 Å². The fourth-order valence-electron chi connectivity index (χ4n) is 7.64. The summed E-state index contributed by atoms with van der Waals surface area (Å²) < 4.78 is 15.4. The second-order valence-corrected chi connectivity index (χ2v) is 14.0. The first-order valence-electron chi connectivity index (χ1n) is 17.0. The fourth-order valence-corrected chi connectivity index (χ4v) is 8.77. The van der Waals surface area contributed by atoms with Gasteiger partial charge in [0.2, 0.25) is 0 Å². The first kappa shape index (κ1) is 28.3. The number of para-hydroxylation sites is 2. The van der Waals surface area contributed by atoms with E-state index < -0.39 is 6.17 Å². The summed E-state index contributed by atoms with van der Waals surface area (Å²) in [4.78, 5) is 10.5. The van der Waals surface area contributed by atoms with Crippen LogP contribution in [0.4, 0.5) is 0 Å². The maximum Gasteiger partial charge on any atom is 0.159 e. The Kier molecular flexibility index (Phi) is 6.12. The number of rotatable bonds is 4. The minimum Gasteiger partial charge on any atom is -0.456 e. The second-order valence-electron chi connectivity index (χ2n) is 12.9. The quantitative estimate of drug-likeness (QED) is 0.202. The van der Waals surface area contributed by atoms with Crippen molar-refractivity contribution in [2.75, 3.05) is 0 Å². The minimum absolute atomic E-state index is 0.425. The van der Waals surface area contributed by atoms with E-state index in [-0.39, 0.29) is 0 Å². The molecule has 0 bridgehead atoms. The van der Waals surface area contributed by atoms with E-state index in [9.17, 15) is 0 Å². The summed E-state index contributed by atoms with van der Waals surface area (Å²) in [6.45, 7) is 0. The standard InChI is InChI=1S/C45H27N3O2S/c1-2-11-26(12-3-1)43-46-44(32-16-10-20-39-40(32)31-15-6-9-19-38(31)51-39)48-45(47-43)33-23-22-28(42-41(33)30-14-5-8-18-36(30)50-42)27-21-24-37-34(25-27)29-13-4-7-17-35(29)49-37/h1-25,45H,(H,46,47,48). The highest BCUT2D eigenvalue weighted by Gasteiger charge is 2.27. The van der Waals surface area contributed by atoms with Gasteiger partial charge in [-0.25, -0.2) is 9.98 Å². The van der Waals surface area contributed by atoms with E-state index in [1.807, 2.05) is 53.8 Å². The van der Waals surface area contributed by atoms with E-state index >= 15 is 0 Å². The van der Waals surface area contributed by atoms with Gasteiger partial charge in [-0.1, -0.05) is 115 Å². The van der Waals surface area contributed by atoms with Gasteiger partial charge in [0.1, 0.15) is 34.3 Å². The zero-order valence-electron chi connectivity index (χ0n) is 27.1. The summed E-state index contributed by atoms with van der Waals surface area (Å²) in [5.74, 6) is 1.48. The normalized spacial score (nSPS) is 14.9. The summed E-state index contributed by atoms with van der Waals surface area (Å²) in [5.41, 5.74) is 8.54. The van der Waals surface area contributed by atoms with Crippen molar-refractivity contribution in [2.24, 2.45) is 9.98 Å². The Bertz CT molecular complexity index is 3070. The van der Waals surface area contributed by atoms with Crippen LogP contribution in [0.3, 0.4) is 0 Å². The third kappa shape index (κ3) is 4.40. The first-order chi connectivity index (χ1) is 25.3. The Morgan fingerprint density at radius 3 is 2.12 bits per heavy atom. The van der Waals surface area contributed by atoms with Crippen LogP contribution in [0, 0.1) is 0 Å². The van der Waals surface area contributed by atoms with Crippen LogP contribution in [0.25, 0.3) is 75.2 Å². The molecule has 1 aliphatic heterocycles. The summed E-state index contributed by atoms with van der Waals surface area (Å²) in [6, 6.07) is 52.5. The fraction of sp³-hybridized carbons (Fsp3) is 0.0222. The van der Waals surface area contributed by atoms with Crippen LogP contribution < -0.4 is 5.32 Å². The highest BCUT2D eigenvalue weighted by molar-refractivity contribution is 7.25. The highest BCUT2D eigenvalue weighted by Crippen LogP contribution is 2.43. The molecule has 7 aromatic carbocycles. The molecule has 0 fully saturated rings. The Balaban J connectivity index is 1.13. The number of amidine groups is 2. The predicted octanol–water partition coefficient (Wildman–Crippen LogP) is 12.0. The minimum atomic E-state index is -0.425. The number of nitrogens with zero attached hydrogens (tertiary/aromatic N) is 2. The molecule has 0 saturated carbocycles. The lowest BCUT2D eigenvalue weighted by atomic mass is 9.95. The molecule has 51 heavy (non-hydrogen) atoms. The van der Waals surface area contributed by atoms with Crippen molar-refractivity contribution >= 4 is 87.1 Å². The van der Waals surface area contributed by atoms with E-state index in [1.165, 1.54) is 20.2 Å². The van der Waals surface area contributed by atoms with Crippen LogP contribution in [-0.4, -0.2) is 11.7 Å². The average molecular weight is 674 g/mol. The van der Waals surface area contributed by atoms with Gasteiger partial charge < -0.3 is 14.2 Å². The number of benzene rings is 7. The molecule has 240 valence electrons. The molecule has 0 saturated heterocycles. The first-order valence-corrected chi connectivity index (χ1v) is 17.8. The molecule has 4 heterocycles. The molecular weight excluding hydrogens is 647 g/mol. The van der Waals surface area contributed by atoms with Crippen molar-refractivity contribution in [3.63, 3.8) is 0 Å². The molecule has 1 unspecified atom stereocenters. The van der Waals surface area contributed by atoms with Gasteiger partial charge >= 0.3 is 0 Å². The van der Waals surface area contributed by atoms with Crippen LogP contribution in [0.5, 0.6) is 0 Å². The lowest BCUT2D eigenvalue weighted by Gasteiger charge is -2.25. The molecule has 6 heteroatoms. The van der Waals surface area contributed by atoms with Crippen molar-refractivity contribution in [1.82, 2.24) is 5.32 Å². The van der Waals surface area contributed by atoms with E-state index in [1.54, 1.807) is 0 Å². The van der Waals surface area contributed by atoms with Gasteiger partial charge in [0.25, 0.3) is 0 Å². The molecule has 3 aromatic heterocycles. The van der Waals surface area contributed by atoms with Gasteiger partial charge in [-0.15, -0.1) is 11.3 Å². The molecule has 0 radical (unpaired) electrons. The summed E-state index contributed by atoms with van der Waals surface area (Å²) in [7, 11) is 0. The van der Waals surface area contributed by atoms with Crippen LogP contribution >= 0.6 is 11.3 Å². The van der Waals surface area contributed by atoms with Crippen LogP contribution in [0.15, 0.2) is 170 Å². The van der Waals surface area contributed by atoms with Crippen molar-refractivity contribution < 1.29 is 8.83 Å². The van der Waals surface area contributed by atoms with Gasteiger partial charge in [-0.05, 0) is 42.0 Å². The topological polar surface area (TPSA) is 63.0 Å². The van der Waals surface area contributed by atoms with Gasteiger partial charge in [0.05, 0.1) is 0 Å². The van der Waals surface area contributed by atoms with Gasteiger partial charge in [0, 0.05) is 64.0 Å². The number of thiophene rings is 1. The molecular formula is C45H27N3O2S. The van der Waals surface area contributed by atoms with Gasteiger partial charge in [0.15, 0.2) is 5.84 Å². The van der Waals surface area contributed by atoms with E-state index in [0.29, 0.717) is 5.84 Å². The third-order valence-electron chi connectivity index (χ3n) is 9.97. The van der Waals surface area contributed by atoms with E-state index in [2.05, 4.69) is 115 Å². The monoisotopic (exact) mass is 673 g/mol. The maximum atomic E-state index is 6.74. The Hall–Kier alpha value is -6.50. The van der Waals surface area contributed by atoms with Gasteiger partial charge in [-0.3, -0.25) is 0 Å². The molecule has 1 aliphatic rings.